The summed E-state index contributed by atoms with van der Waals surface area (Å²) in [6.45, 7) is 3.31. The SMILES string of the molecule is CC#CCCNCc1ccc(C(F)F)cc1. The Kier molecular flexibility index (Phi) is 5.52. The fourth-order valence-electron chi connectivity index (χ4n) is 1.29. The maximum Gasteiger partial charge on any atom is 0.263 e. The maximum absolute atomic E-state index is 12.3. The Bertz CT molecular complexity index is 360. The number of nitrogens with one attached hydrogen (secondary N) is 1. The van der Waals surface area contributed by atoms with E-state index in [2.05, 4.69) is 17.2 Å². The normalized spacial score (nSPS) is 10.0. The highest BCUT2D eigenvalue weighted by molar-refractivity contribution is 5.23. The van der Waals surface area contributed by atoms with Crippen LogP contribution in [0.4, 0.5) is 8.78 Å². The largest absolute Gasteiger partial charge is 0.312 e. The Morgan fingerprint density at radius 3 is 2.50 bits per heavy atom. The highest BCUT2D eigenvalue weighted by atomic mass is 19.3. The second kappa shape index (κ2) is 6.97. The summed E-state index contributed by atoms with van der Waals surface area (Å²) in [5.41, 5.74) is 1.08. The fraction of sp³-hybridized carbons (Fsp3) is 0.385. The third-order valence-electron chi connectivity index (χ3n) is 2.16. The zero-order valence-electron chi connectivity index (χ0n) is 9.26. The molecule has 0 saturated heterocycles. The van der Waals surface area contributed by atoms with E-state index in [-0.39, 0.29) is 5.56 Å². The van der Waals surface area contributed by atoms with Crippen LogP contribution in [-0.4, -0.2) is 6.54 Å². The highest BCUT2D eigenvalue weighted by Crippen LogP contribution is 2.18. The van der Waals surface area contributed by atoms with E-state index in [0.29, 0.717) is 6.54 Å². The van der Waals surface area contributed by atoms with Crippen molar-refractivity contribution in [3.05, 3.63) is 35.4 Å². The van der Waals surface area contributed by atoms with Crippen molar-refractivity contribution in [2.75, 3.05) is 6.54 Å². The average molecular weight is 223 g/mol. The van der Waals surface area contributed by atoms with Crippen LogP contribution in [0.3, 0.4) is 0 Å². The summed E-state index contributed by atoms with van der Waals surface area (Å²) in [7, 11) is 0. The molecular weight excluding hydrogens is 208 g/mol. The molecule has 0 aliphatic carbocycles. The van der Waals surface area contributed by atoms with Gasteiger partial charge in [-0.25, -0.2) is 8.78 Å². The number of rotatable bonds is 5. The van der Waals surface area contributed by atoms with Crippen molar-refractivity contribution in [2.45, 2.75) is 26.3 Å². The van der Waals surface area contributed by atoms with Gasteiger partial charge in [0.2, 0.25) is 0 Å². The van der Waals surface area contributed by atoms with Crippen LogP contribution in [0.1, 0.15) is 30.9 Å². The summed E-state index contributed by atoms with van der Waals surface area (Å²) in [5.74, 6) is 5.76. The third kappa shape index (κ3) is 4.41. The van der Waals surface area contributed by atoms with E-state index in [1.807, 2.05) is 6.92 Å². The van der Waals surface area contributed by atoms with E-state index in [4.69, 9.17) is 0 Å². The van der Waals surface area contributed by atoms with E-state index in [1.54, 1.807) is 12.1 Å². The van der Waals surface area contributed by atoms with E-state index in [0.717, 1.165) is 18.5 Å². The monoisotopic (exact) mass is 223 g/mol. The lowest BCUT2D eigenvalue weighted by atomic mass is 10.1. The van der Waals surface area contributed by atoms with Crippen LogP contribution < -0.4 is 5.32 Å². The molecule has 1 aromatic carbocycles. The van der Waals surface area contributed by atoms with Crippen LogP contribution in [0.2, 0.25) is 0 Å². The van der Waals surface area contributed by atoms with E-state index in [9.17, 15) is 8.78 Å². The minimum Gasteiger partial charge on any atom is -0.312 e. The maximum atomic E-state index is 12.3. The van der Waals surface area contributed by atoms with Crippen molar-refractivity contribution in [1.29, 1.82) is 0 Å². The molecule has 0 heterocycles. The van der Waals surface area contributed by atoms with Gasteiger partial charge in [0.25, 0.3) is 6.43 Å². The van der Waals surface area contributed by atoms with Gasteiger partial charge in [-0.3, -0.25) is 0 Å². The molecule has 0 saturated carbocycles. The first-order valence-electron chi connectivity index (χ1n) is 5.21. The second-order valence-corrected chi connectivity index (χ2v) is 3.40. The Hall–Kier alpha value is -1.40. The topological polar surface area (TPSA) is 12.0 Å². The fourth-order valence-corrected chi connectivity index (χ4v) is 1.29. The van der Waals surface area contributed by atoms with E-state index in [1.165, 1.54) is 12.1 Å². The number of alkyl halides is 2. The molecule has 3 heteroatoms. The van der Waals surface area contributed by atoms with Crippen molar-refractivity contribution in [1.82, 2.24) is 5.32 Å². The van der Waals surface area contributed by atoms with Crippen molar-refractivity contribution >= 4 is 0 Å². The molecule has 0 spiro atoms. The number of halogens is 2. The van der Waals surface area contributed by atoms with Gasteiger partial charge in [0, 0.05) is 25.1 Å². The first-order chi connectivity index (χ1) is 7.74. The van der Waals surface area contributed by atoms with Gasteiger partial charge < -0.3 is 5.32 Å². The third-order valence-corrected chi connectivity index (χ3v) is 2.16. The van der Waals surface area contributed by atoms with Gasteiger partial charge in [0.05, 0.1) is 0 Å². The molecule has 1 nitrogen and oxygen atoms in total. The van der Waals surface area contributed by atoms with Gasteiger partial charge in [-0.05, 0) is 12.5 Å². The molecule has 0 amide bonds. The minimum atomic E-state index is -2.39. The summed E-state index contributed by atoms with van der Waals surface area (Å²) < 4.78 is 24.5. The van der Waals surface area contributed by atoms with E-state index < -0.39 is 6.43 Å². The lowest BCUT2D eigenvalue weighted by molar-refractivity contribution is 0.151. The molecule has 0 radical (unpaired) electrons. The predicted octanol–water partition coefficient (Wildman–Crippen LogP) is 3.13. The zero-order chi connectivity index (χ0) is 11.8. The lowest BCUT2D eigenvalue weighted by Gasteiger charge is -2.04. The van der Waals surface area contributed by atoms with Crippen LogP contribution in [0, 0.1) is 11.8 Å². The van der Waals surface area contributed by atoms with Crippen LogP contribution in [0.25, 0.3) is 0 Å². The molecule has 0 aliphatic rings. The molecule has 0 unspecified atom stereocenters. The molecule has 1 rings (SSSR count). The summed E-state index contributed by atoms with van der Waals surface area (Å²) in [4.78, 5) is 0. The second-order valence-electron chi connectivity index (χ2n) is 3.40. The quantitative estimate of drug-likeness (QED) is 0.597. The van der Waals surface area contributed by atoms with E-state index >= 15 is 0 Å². The van der Waals surface area contributed by atoms with Crippen molar-refractivity contribution in [3.63, 3.8) is 0 Å². The molecule has 0 aromatic heterocycles. The highest BCUT2D eigenvalue weighted by Gasteiger charge is 2.05. The molecule has 1 aromatic rings. The summed E-state index contributed by atoms with van der Waals surface area (Å²) in [5, 5.41) is 3.20. The Labute approximate surface area is 94.9 Å². The molecular formula is C13H15F2N. The molecule has 1 N–H and O–H groups in total. The zero-order valence-corrected chi connectivity index (χ0v) is 9.26. The number of hydrogen-bond acceptors (Lipinski definition) is 1. The molecule has 0 bridgehead atoms. The number of hydrogen-bond donors (Lipinski definition) is 1. The van der Waals surface area contributed by atoms with Crippen molar-refractivity contribution in [3.8, 4) is 11.8 Å². The van der Waals surface area contributed by atoms with Crippen LogP contribution >= 0.6 is 0 Å². The molecule has 16 heavy (non-hydrogen) atoms. The smallest absolute Gasteiger partial charge is 0.263 e. The average Bonchev–Trinajstić information content (AvgIpc) is 2.29. The van der Waals surface area contributed by atoms with Gasteiger partial charge >= 0.3 is 0 Å². The van der Waals surface area contributed by atoms with Crippen molar-refractivity contribution < 1.29 is 8.78 Å². The van der Waals surface area contributed by atoms with Gasteiger partial charge in [0.1, 0.15) is 0 Å². The number of benzene rings is 1. The molecule has 0 fully saturated rings. The molecule has 86 valence electrons. The molecule has 0 atom stereocenters. The van der Waals surface area contributed by atoms with Crippen molar-refractivity contribution in [2.24, 2.45) is 0 Å². The summed E-state index contributed by atoms with van der Waals surface area (Å²) in [6, 6.07) is 6.38. The van der Waals surface area contributed by atoms with Gasteiger partial charge in [-0.1, -0.05) is 24.3 Å². The first-order valence-corrected chi connectivity index (χ1v) is 5.21. The van der Waals surface area contributed by atoms with Gasteiger partial charge in [-0.15, -0.1) is 11.8 Å². The van der Waals surface area contributed by atoms with Crippen LogP contribution in [-0.2, 0) is 6.54 Å². The minimum absolute atomic E-state index is 0.0700. The summed E-state index contributed by atoms with van der Waals surface area (Å²) >= 11 is 0. The Morgan fingerprint density at radius 1 is 1.25 bits per heavy atom. The van der Waals surface area contributed by atoms with Crippen LogP contribution in [0.15, 0.2) is 24.3 Å². The first kappa shape index (κ1) is 12.7. The summed E-state index contributed by atoms with van der Waals surface area (Å²) in [6.07, 6.45) is -1.58. The Balaban J connectivity index is 2.34. The predicted molar refractivity (Wildman–Crippen MR) is 61.2 cm³/mol. The Morgan fingerprint density at radius 2 is 1.94 bits per heavy atom. The van der Waals surface area contributed by atoms with Gasteiger partial charge in [-0.2, -0.15) is 0 Å². The van der Waals surface area contributed by atoms with Crippen LogP contribution in [0.5, 0.6) is 0 Å². The molecule has 0 aliphatic heterocycles. The van der Waals surface area contributed by atoms with Gasteiger partial charge in [0.15, 0.2) is 0 Å². The lowest BCUT2D eigenvalue weighted by Crippen LogP contribution is -2.14. The standard InChI is InChI=1S/C13H15F2N/c1-2-3-4-9-16-10-11-5-7-12(8-6-11)13(14)15/h5-8,13,16H,4,9-10H2,1H3.